The number of alkyl halides is 1. The van der Waals surface area contributed by atoms with Gasteiger partial charge in [0.1, 0.15) is 5.41 Å². The zero-order valence-electron chi connectivity index (χ0n) is 11.9. The summed E-state index contributed by atoms with van der Waals surface area (Å²) in [6.07, 6.45) is 2.44. The molecule has 21 heavy (non-hydrogen) atoms. The number of methoxy groups -OCH3 is 1. The summed E-state index contributed by atoms with van der Waals surface area (Å²) in [4.78, 5) is 24.8. The molecule has 0 aliphatic heterocycles. The van der Waals surface area contributed by atoms with Gasteiger partial charge in [0, 0.05) is 16.3 Å². The SMILES string of the molecule is COC(=O)C1(CCBr)CCC(Cc2ccc(Cl)cc2)C1=O. The van der Waals surface area contributed by atoms with Crippen LogP contribution in [0.3, 0.4) is 0 Å². The monoisotopic (exact) mass is 372 g/mol. The van der Waals surface area contributed by atoms with E-state index in [1.54, 1.807) is 0 Å². The summed E-state index contributed by atoms with van der Waals surface area (Å²) < 4.78 is 4.88. The maximum atomic E-state index is 12.7. The highest BCUT2D eigenvalue weighted by Gasteiger charge is 2.53. The first-order chi connectivity index (χ1) is 10.0. The number of esters is 1. The molecule has 3 nitrogen and oxygen atoms in total. The van der Waals surface area contributed by atoms with Crippen LogP contribution >= 0.6 is 27.5 Å². The molecule has 1 aromatic carbocycles. The molecule has 2 rings (SSSR count). The predicted molar refractivity (Wildman–Crippen MR) is 85.7 cm³/mol. The molecule has 0 spiro atoms. The van der Waals surface area contributed by atoms with Crippen molar-refractivity contribution in [3.63, 3.8) is 0 Å². The van der Waals surface area contributed by atoms with Gasteiger partial charge in [-0.1, -0.05) is 39.7 Å². The summed E-state index contributed by atoms with van der Waals surface area (Å²) in [6.45, 7) is 0. The van der Waals surface area contributed by atoms with Crippen LogP contribution in [0.4, 0.5) is 0 Å². The molecule has 0 radical (unpaired) electrons. The lowest BCUT2D eigenvalue weighted by atomic mass is 9.80. The Hall–Kier alpha value is -0.870. The van der Waals surface area contributed by atoms with Gasteiger partial charge in [-0.3, -0.25) is 9.59 Å². The molecular weight excluding hydrogens is 356 g/mol. The quantitative estimate of drug-likeness (QED) is 0.448. The van der Waals surface area contributed by atoms with Crippen LogP contribution in [0.15, 0.2) is 24.3 Å². The lowest BCUT2D eigenvalue weighted by Gasteiger charge is -2.24. The second-order valence-electron chi connectivity index (χ2n) is 5.44. The Labute approximate surface area is 138 Å². The first kappa shape index (κ1) is 16.5. The highest BCUT2D eigenvalue weighted by atomic mass is 79.9. The molecule has 0 aromatic heterocycles. The van der Waals surface area contributed by atoms with Crippen LogP contribution < -0.4 is 0 Å². The molecule has 1 aliphatic rings. The highest BCUT2D eigenvalue weighted by molar-refractivity contribution is 9.09. The smallest absolute Gasteiger partial charge is 0.319 e. The fourth-order valence-electron chi connectivity index (χ4n) is 3.08. The van der Waals surface area contributed by atoms with Crippen molar-refractivity contribution >= 4 is 39.3 Å². The molecule has 0 heterocycles. The number of carbonyl (C=O) groups is 2. The Kier molecular flexibility index (Phi) is 5.44. The van der Waals surface area contributed by atoms with Crippen LogP contribution in [0.25, 0.3) is 0 Å². The summed E-state index contributed by atoms with van der Waals surface area (Å²) in [5.74, 6) is -0.501. The van der Waals surface area contributed by atoms with Crippen molar-refractivity contribution in [2.75, 3.05) is 12.4 Å². The van der Waals surface area contributed by atoms with E-state index >= 15 is 0 Å². The van der Waals surface area contributed by atoms with Gasteiger partial charge in [-0.05, 0) is 43.4 Å². The molecule has 5 heteroatoms. The first-order valence-electron chi connectivity index (χ1n) is 6.96. The number of rotatable bonds is 5. The fourth-order valence-corrected chi connectivity index (χ4v) is 3.88. The number of carbonyl (C=O) groups excluding carboxylic acids is 2. The number of hydrogen-bond acceptors (Lipinski definition) is 3. The predicted octanol–water partition coefficient (Wildman–Crippen LogP) is 3.81. The highest BCUT2D eigenvalue weighted by Crippen LogP contribution is 2.43. The van der Waals surface area contributed by atoms with Gasteiger partial charge in [0.05, 0.1) is 7.11 Å². The molecule has 0 N–H and O–H groups in total. The van der Waals surface area contributed by atoms with Crippen molar-refractivity contribution in [1.29, 1.82) is 0 Å². The number of halogens is 2. The van der Waals surface area contributed by atoms with E-state index in [-0.39, 0.29) is 11.7 Å². The zero-order valence-corrected chi connectivity index (χ0v) is 14.2. The molecule has 1 saturated carbocycles. The van der Waals surface area contributed by atoms with Gasteiger partial charge in [-0.25, -0.2) is 0 Å². The summed E-state index contributed by atoms with van der Waals surface area (Å²) in [6, 6.07) is 7.50. The zero-order chi connectivity index (χ0) is 15.5. The summed E-state index contributed by atoms with van der Waals surface area (Å²) in [5.41, 5.74) is 0.104. The standard InChI is InChI=1S/C16H18BrClO3/c1-21-15(20)16(8-9-17)7-6-12(14(16)19)10-11-2-4-13(18)5-3-11/h2-5,12H,6-10H2,1H3. The van der Waals surface area contributed by atoms with E-state index in [1.165, 1.54) is 7.11 Å². The summed E-state index contributed by atoms with van der Waals surface area (Å²) in [5, 5.41) is 1.29. The van der Waals surface area contributed by atoms with Crippen molar-refractivity contribution in [3.8, 4) is 0 Å². The van der Waals surface area contributed by atoms with Gasteiger partial charge in [-0.15, -0.1) is 0 Å². The number of Topliss-reactive ketones (excluding diaryl/α,β-unsaturated/α-hetero) is 1. The van der Waals surface area contributed by atoms with E-state index in [0.717, 1.165) is 12.0 Å². The second kappa shape index (κ2) is 6.93. The topological polar surface area (TPSA) is 43.4 Å². The van der Waals surface area contributed by atoms with E-state index in [4.69, 9.17) is 16.3 Å². The normalized spacial score (nSPS) is 25.1. The minimum atomic E-state index is -0.963. The Morgan fingerprint density at radius 2 is 2.10 bits per heavy atom. The lowest BCUT2D eigenvalue weighted by Crippen LogP contribution is -2.38. The average Bonchev–Trinajstić information content (AvgIpc) is 2.79. The lowest BCUT2D eigenvalue weighted by molar-refractivity contribution is -0.157. The molecular formula is C16H18BrClO3. The largest absolute Gasteiger partial charge is 0.468 e. The Balaban J connectivity index is 2.16. The third-order valence-corrected chi connectivity index (χ3v) is 4.90. The van der Waals surface area contributed by atoms with Gasteiger partial charge in [0.2, 0.25) is 0 Å². The van der Waals surface area contributed by atoms with Crippen LogP contribution in [0, 0.1) is 11.3 Å². The van der Waals surface area contributed by atoms with Crippen molar-refractivity contribution < 1.29 is 14.3 Å². The van der Waals surface area contributed by atoms with Crippen LogP contribution in [-0.4, -0.2) is 24.2 Å². The van der Waals surface area contributed by atoms with Crippen molar-refractivity contribution in [1.82, 2.24) is 0 Å². The molecule has 1 fully saturated rings. The Morgan fingerprint density at radius 1 is 1.43 bits per heavy atom. The Morgan fingerprint density at radius 3 is 2.67 bits per heavy atom. The van der Waals surface area contributed by atoms with Gasteiger partial charge in [0.15, 0.2) is 5.78 Å². The number of ketones is 1. The van der Waals surface area contributed by atoms with Crippen LogP contribution in [0.2, 0.25) is 5.02 Å². The van der Waals surface area contributed by atoms with Crippen molar-refractivity contribution in [3.05, 3.63) is 34.9 Å². The average molecular weight is 374 g/mol. The van der Waals surface area contributed by atoms with Gasteiger partial charge in [0.25, 0.3) is 0 Å². The van der Waals surface area contributed by atoms with Gasteiger partial charge < -0.3 is 4.74 Å². The first-order valence-corrected chi connectivity index (χ1v) is 8.46. The minimum Gasteiger partial charge on any atom is -0.468 e. The maximum absolute atomic E-state index is 12.7. The van der Waals surface area contributed by atoms with E-state index < -0.39 is 11.4 Å². The van der Waals surface area contributed by atoms with Gasteiger partial charge >= 0.3 is 5.97 Å². The van der Waals surface area contributed by atoms with Gasteiger partial charge in [-0.2, -0.15) is 0 Å². The third kappa shape index (κ3) is 3.32. The molecule has 114 valence electrons. The van der Waals surface area contributed by atoms with Crippen LogP contribution in [0.5, 0.6) is 0 Å². The maximum Gasteiger partial charge on any atom is 0.319 e. The molecule has 0 amide bonds. The number of ether oxygens (including phenoxy) is 1. The van der Waals surface area contributed by atoms with Crippen LogP contribution in [0.1, 0.15) is 24.8 Å². The minimum absolute atomic E-state index is 0.0174. The number of benzene rings is 1. The van der Waals surface area contributed by atoms with Crippen LogP contribution in [-0.2, 0) is 20.7 Å². The fraction of sp³-hybridized carbons (Fsp3) is 0.500. The van der Waals surface area contributed by atoms with Crippen molar-refractivity contribution in [2.45, 2.75) is 25.7 Å². The molecule has 2 atom stereocenters. The van der Waals surface area contributed by atoms with Crippen molar-refractivity contribution in [2.24, 2.45) is 11.3 Å². The summed E-state index contributed by atoms with van der Waals surface area (Å²) >= 11 is 9.21. The van der Waals surface area contributed by atoms with E-state index in [0.29, 0.717) is 29.6 Å². The molecule has 1 aromatic rings. The molecule has 2 unspecified atom stereocenters. The molecule has 0 saturated heterocycles. The molecule has 1 aliphatic carbocycles. The third-order valence-electron chi connectivity index (χ3n) is 4.25. The molecule has 0 bridgehead atoms. The van der Waals surface area contributed by atoms with E-state index in [1.807, 2.05) is 24.3 Å². The number of hydrogen-bond donors (Lipinski definition) is 0. The summed E-state index contributed by atoms with van der Waals surface area (Å²) in [7, 11) is 1.35. The second-order valence-corrected chi connectivity index (χ2v) is 6.67. The Bertz CT molecular complexity index is 529. The van der Waals surface area contributed by atoms with E-state index in [9.17, 15) is 9.59 Å². The van der Waals surface area contributed by atoms with E-state index in [2.05, 4.69) is 15.9 Å².